The van der Waals surface area contributed by atoms with Crippen molar-refractivity contribution in [2.45, 2.75) is 0 Å². The third-order valence-corrected chi connectivity index (χ3v) is 10.1. The van der Waals surface area contributed by atoms with Crippen LogP contribution in [-0.4, -0.2) is 0 Å². The average Bonchev–Trinajstić information content (AvgIpc) is 3.18. The van der Waals surface area contributed by atoms with Gasteiger partial charge in [-0.25, -0.2) is 0 Å². The van der Waals surface area contributed by atoms with E-state index in [1.54, 1.807) is 0 Å². The molecule has 0 fully saturated rings. The van der Waals surface area contributed by atoms with Crippen molar-refractivity contribution in [2.75, 3.05) is 9.80 Å². The van der Waals surface area contributed by atoms with Gasteiger partial charge in [-0.05, 0) is 104 Å². The predicted molar refractivity (Wildman–Crippen MR) is 215 cm³/mol. The number of rotatable bonds is 6. The predicted octanol–water partition coefficient (Wildman–Crippen LogP) is 13.8. The summed E-state index contributed by atoms with van der Waals surface area (Å²) < 4.78 is 0. The Labute approximate surface area is 291 Å². The van der Waals surface area contributed by atoms with Crippen molar-refractivity contribution in [3.8, 4) is 0 Å². The van der Waals surface area contributed by atoms with Crippen LogP contribution in [0.3, 0.4) is 0 Å². The van der Waals surface area contributed by atoms with Crippen molar-refractivity contribution < 1.29 is 0 Å². The Balaban J connectivity index is 1.25. The third-order valence-electron chi connectivity index (χ3n) is 10.1. The molecule has 0 aromatic heterocycles. The molecule has 0 radical (unpaired) electrons. The van der Waals surface area contributed by atoms with Gasteiger partial charge in [-0.1, -0.05) is 133 Å². The van der Waals surface area contributed by atoms with Gasteiger partial charge in [0.15, 0.2) is 0 Å². The fourth-order valence-corrected chi connectivity index (χ4v) is 7.83. The topological polar surface area (TPSA) is 6.48 Å². The summed E-state index contributed by atoms with van der Waals surface area (Å²) >= 11 is 0. The summed E-state index contributed by atoms with van der Waals surface area (Å²) in [6, 6.07) is 70.6. The van der Waals surface area contributed by atoms with Gasteiger partial charge in [0.25, 0.3) is 0 Å². The summed E-state index contributed by atoms with van der Waals surface area (Å²) in [7, 11) is 0. The zero-order chi connectivity index (χ0) is 33.0. The Morgan fingerprint density at radius 3 is 1.06 bits per heavy atom. The normalized spacial score (nSPS) is 11.6. The number of hydrogen-bond donors (Lipinski definition) is 0. The van der Waals surface area contributed by atoms with E-state index in [-0.39, 0.29) is 0 Å². The first-order valence-electron chi connectivity index (χ1n) is 17.2. The van der Waals surface area contributed by atoms with Gasteiger partial charge in [-0.3, -0.25) is 0 Å². The number of hydrogen-bond acceptors (Lipinski definition) is 2. The van der Waals surface area contributed by atoms with Gasteiger partial charge in [0, 0.05) is 33.5 Å². The van der Waals surface area contributed by atoms with Crippen LogP contribution in [0.1, 0.15) is 0 Å². The fourth-order valence-electron chi connectivity index (χ4n) is 7.83. The van der Waals surface area contributed by atoms with E-state index in [0.29, 0.717) is 0 Å². The molecule has 0 saturated carbocycles. The van der Waals surface area contributed by atoms with Crippen molar-refractivity contribution in [1.29, 1.82) is 0 Å². The van der Waals surface area contributed by atoms with Gasteiger partial charge >= 0.3 is 0 Å². The zero-order valence-electron chi connectivity index (χ0n) is 27.4. The molecule has 0 unspecified atom stereocenters. The number of anilines is 6. The van der Waals surface area contributed by atoms with E-state index < -0.39 is 0 Å². The highest BCUT2D eigenvalue weighted by atomic mass is 15.2. The van der Waals surface area contributed by atoms with Crippen LogP contribution in [0.25, 0.3) is 53.9 Å². The maximum atomic E-state index is 2.42. The second kappa shape index (κ2) is 11.5. The molecule has 0 bridgehead atoms. The van der Waals surface area contributed by atoms with Crippen molar-refractivity contribution in [2.24, 2.45) is 0 Å². The smallest absolute Gasteiger partial charge is 0.0546 e. The van der Waals surface area contributed by atoms with Gasteiger partial charge in [0.05, 0.1) is 11.4 Å². The van der Waals surface area contributed by atoms with Crippen molar-refractivity contribution >= 4 is 88.0 Å². The summed E-state index contributed by atoms with van der Waals surface area (Å²) in [5.41, 5.74) is 6.86. The van der Waals surface area contributed by atoms with E-state index >= 15 is 0 Å². The van der Waals surface area contributed by atoms with Gasteiger partial charge in [-0.2, -0.15) is 0 Å². The monoisotopic (exact) mass is 636 g/mol. The molecule has 0 atom stereocenters. The number of nitrogens with zero attached hydrogens (tertiary/aromatic N) is 2. The van der Waals surface area contributed by atoms with Crippen molar-refractivity contribution in [1.82, 2.24) is 0 Å². The van der Waals surface area contributed by atoms with Gasteiger partial charge in [0.2, 0.25) is 0 Å². The molecule has 0 aliphatic carbocycles. The molecule has 0 heterocycles. The highest BCUT2D eigenvalue weighted by molar-refractivity contribution is 6.29. The first-order valence-corrected chi connectivity index (χ1v) is 17.2. The quantitative estimate of drug-likeness (QED) is 0.168. The Kier molecular flexibility index (Phi) is 6.53. The lowest BCUT2D eigenvalue weighted by Gasteiger charge is -2.30. The van der Waals surface area contributed by atoms with Crippen LogP contribution in [0.2, 0.25) is 0 Å². The van der Waals surface area contributed by atoms with E-state index in [1.807, 2.05) is 0 Å². The molecule has 10 rings (SSSR count). The summed E-state index contributed by atoms with van der Waals surface area (Å²) in [5, 5.41) is 12.4. The molecular weight excluding hydrogens is 605 g/mol. The lowest BCUT2D eigenvalue weighted by atomic mass is 9.91. The molecule has 10 aromatic carbocycles. The summed E-state index contributed by atoms with van der Waals surface area (Å²) in [4.78, 5) is 4.84. The molecule has 2 heteroatoms. The average molecular weight is 637 g/mol. The molecule has 0 amide bonds. The van der Waals surface area contributed by atoms with E-state index in [2.05, 4.69) is 204 Å². The second-order valence-corrected chi connectivity index (χ2v) is 13.0. The van der Waals surface area contributed by atoms with E-state index in [9.17, 15) is 0 Å². The molecule has 0 N–H and O–H groups in total. The molecule has 0 aliphatic rings. The van der Waals surface area contributed by atoms with Crippen molar-refractivity contribution in [3.63, 3.8) is 0 Å². The van der Waals surface area contributed by atoms with Crippen LogP contribution < -0.4 is 9.80 Å². The minimum atomic E-state index is 1.13. The van der Waals surface area contributed by atoms with Crippen LogP contribution in [0.15, 0.2) is 194 Å². The molecule has 234 valence electrons. The van der Waals surface area contributed by atoms with Gasteiger partial charge in [-0.15, -0.1) is 0 Å². The number of para-hydroxylation sites is 2. The SMILES string of the molecule is c1ccc(N(c2ccc3ccccc3c2)c2cc3cccc4c(N(c5ccccc5)c5ccc6ccccc6c5)cc5cccc2c5c34)cc1. The Morgan fingerprint density at radius 1 is 0.240 bits per heavy atom. The minimum Gasteiger partial charge on any atom is -0.310 e. The Morgan fingerprint density at radius 2 is 0.620 bits per heavy atom. The minimum absolute atomic E-state index is 1.13. The van der Waals surface area contributed by atoms with Crippen LogP contribution in [0, 0.1) is 0 Å². The lowest BCUT2D eigenvalue weighted by molar-refractivity contribution is 1.30. The third kappa shape index (κ3) is 4.57. The number of benzene rings is 10. The van der Waals surface area contributed by atoms with Crippen LogP contribution in [-0.2, 0) is 0 Å². The zero-order valence-corrected chi connectivity index (χ0v) is 27.4. The van der Waals surface area contributed by atoms with E-state index in [4.69, 9.17) is 0 Å². The summed E-state index contributed by atoms with van der Waals surface area (Å²) in [6.07, 6.45) is 0. The highest BCUT2D eigenvalue weighted by Gasteiger charge is 2.23. The summed E-state index contributed by atoms with van der Waals surface area (Å²) in [5.74, 6) is 0. The largest absolute Gasteiger partial charge is 0.310 e. The standard InChI is InChI=1S/C48H32N2/c1-3-19-39(20-4-1)49(41-27-25-33-13-7-9-15-35(33)29-41)45-31-37-17-12-24-44-46(32-38-18-11-23-43(45)47(38)48(37)44)50(40-21-5-2-6-22-40)42-28-26-34-14-8-10-16-36(34)30-42/h1-32H. The molecule has 0 saturated heterocycles. The Hall–Kier alpha value is -6.64. The molecule has 0 aliphatic heterocycles. The number of fused-ring (bicyclic) bond motifs is 2. The van der Waals surface area contributed by atoms with Gasteiger partial charge in [0.1, 0.15) is 0 Å². The van der Waals surface area contributed by atoms with Crippen LogP contribution in [0.5, 0.6) is 0 Å². The van der Waals surface area contributed by atoms with Gasteiger partial charge < -0.3 is 9.80 Å². The first kappa shape index (κ1) is 28.4. The Bertz CT molecular complexity index is 2630. The van der Waals surface area contributed by atoms with E-state index in [1.165, 1.54) is 65.2 Å². The maximum Gasteiger partial charge on any atom is 0.0546 e. The first-order chi connectivity index (χ1) is 24.8. The second-order valence-electron chi connectivity index (χ2n) is 13.0. The molecule has 10 aromatic rings. The molecular formula is C48H32N2. The maximum absolute atomic E-state index is 2.42. The van der Waals surface area contributed by atoms with Crippen molar-refractivity contribution in [3.05, 3.63) is 194 Å². The lowest BCUT2D eigenvalue weighted by Crippen LogP contribution is -2.12. The highest BCUT2D eigenvalue weighted by Crippen LogP contribution is 2.49. The molecule has 50 heavy (non-hydrogen) atoms. The molecule has 2 nitrogen and oxygen atoms in total. The van der Waals surface area contributed by atoms with E-state index in [0.717, 1.165) is 22.7 Å². The summed E-state index contributed by atoms with van der Waals surface area (Å²) in [6.45, 7) is 0. The van der Waals surface area contributed by atoms with Crippen LogP contribution in [0.4, 0.5) is 34.1 Å². The fraction of sp³-hybridized carbons (Fsp3) is 0. The molecule has 0 spiro atoms. The van der Waals surface area contributed by atoms with Crippen LogP contribution >= 0.6 is 0 Å².